The topological polar surface area (TPSA) is 83.9 Å². The van der Waals surface area contributed by atoms with E-state index in [1.165, 1.54) is 0 Å². The van der Waals surface area contributed by atoms with Gasteiger partial charge in [-0.1, -0.05) is 42.5 Å². The van der Waals surface area contributed by atoms with Crippen molar-refractivity contribution >= 4 is 17.8 Å². The second-order valence-electron chi connectivity index (χ2n) is 8.91. The standard InChI is InChI=1S/C31H23NO6/c1-35-24-11-4-2-8-19(24)16-27-30(34)22-13-14-26-29(31(22)38-27)23(17-28(33)37-26)21-10-3-5-12-25(21)36-18-20-9-6-7-15-32-20/h2-16,23H,17-18H2,1H3/b27-16-/t23-/m0/s1. The second-order valence-corrected chi connectivity index (χ2v) is 8.91. The number of allylic oxidation sites excluding steroid dienone is 1. The SMILES string of the molecule is COc1ccccc1/C=C1\Oc2c(ccc3c2[C@H](c2ccccc2OCc2ccccn2)CC(=O)O3)C1=O. The number of fused-ring (bicyclic) bond motifs is 3. The van der Waals surface area contributed by atoms with E-state index in [2.05, 4.69) is 4.98 Å². The summed E-state index contributed by atoms with van der Waals surface area (Å²) >= 11 is 0. The van der Waals surface area contributed by atoms with Gasteiger partial charge in [-0.3, -0.25) is 14.6 Å². The molecule has 0 spiro atoms. The maximum atomic E-state index is 13.3. The Balaban J connectivity index is 1.40. The molecule has 3 heterocycles. The Kier molecular flexibility index (Phi) is 6.09. The Bertz CT molecular complexity index is 1580. The normalized spacial score (nSPS) is 16.9. The van der Waals surface area contributed by atoms with Gasteiger partial charge in [-0.05, 0) is 42.5 Å². The maximum Gasteiger partial charge on any atom is 0.312 e. The van der Waals surface area contributed by atoms with E-state index in [1.54, 1.807) is 31.5 Å². The highest BCUT2D eigenvalue weighted by Gasteiger charge is 2.39. The lowest BCUT2D eigenvalue weighted by atomic mass is 9.84. The highest BCUT2D eigenvalue weighted by atomic mass is 16.5. The summed E-state index contributed by atoms with van der Waals surface area (Å²) in [6.07, 6.45) is 3.46. The first-order valence-electron chi connectivity index (χ1n) is 12.2. The molecule has 7 nitrogen and oxygen atoms in total. The highest BCUT2D eigenvalue weighted by molar-refractivity contribution is 6.15. The number of esters is 1. The summed E-state index contributed by atoms with van der Waals surface area (Å²) in [4.78, 5) is 30.3. The van der Waals surface area contributed by atoms with Crippen LogP contribution < -0.4 is 18.9 Å². The summed E-state index contributed by atoms with van der Waals surface area (Å²) in [5.41, 5.74) is 3.36. The van der Waals surface area contributed by atoms with Crippen molar-refractivity contribution in [2.24, 2.45) is 0 Å². The van der Waals surface area contributed by atoms with Gasteiger partial charge < -0.3 is 18.9 Å². The molecule has 0 amide bonds. The molecule has 6 rings (SSSR count). The van der Waals surface area contributed by atoms with Crippen molar-refractivity contribution in [1.29, 1.82) is 0 Å². The van der Waals surface area contributed by atoms with Crippen LogP contribution in [0.2, 0.25) is 0 Å². The molecule has 1 aromatic heterocycles. The average Bonchev–Trinajstić information content (AvgIpc) is 3.27. The first-order valence-corrected chi connectivity index (χ1v) is 12.2. The molecule has 2 aliphatic heterocycles. The number of pyridine rings is 1. The molecule has 0 saturated carbocycles. The Morgan fingerprint density at radius 1 is 0.921 bits per heavy atom. The molecule has 0 saturated heterocycles. The van der Waals surface area contributed by atoms with Gasteiger partial charge in [0.15, 0.2) is 5.76 Å². The third-order valence-corrected chi connectivity index (χ3v) is 6.60. The smallest absolute Gasteiger partial charge is 0.312 e. The first kappa shape index (κ1) is 23.5. The largest absolute Gasteiger partial charge is 0.496 e. The van der Waals surface area contributed by atoms with E-state index in [0.717, 1.165) is 16.8 Å². The number of methoxy groups -OCH3 is 1. The maximum absolute atomic E-state index is 13.3. The molecule has 2 aliphatic rings. The van der Waals surface area contributed by atoms with Crippen molar-refractivity contribution in [2.75, 3.05) is 7.11 Å². The number of hydrogen-bond donors (Lipinski definition) is 0. The summed E-state index contributed by atoms with van der Waals surface area (Å²) in [5.74, 6) is 1.14. The fraction of sp³-hybridized carbons (Fsp3) is 0.129. The lowest BCUT2D eigenvalue weighted by Crippen LogP contribution is -2.22. The number of carbonyl (C=O) groups excluding carboxylic acids is 2. The molecule has 38 heavy (non-hydrogen) atoms. The fourth-order valence-electron chi connectivity index (χ4n) is 4.83. The van der Waals surface area contributed by atoms with Gasteiger partial charge in [0, 0.05) is 28.8 Å². The van der Waals surface area contributed by atoms with E-state index in [1.807, 2.05) is 66.7 Å². The van der Waals surface area contributed by atoms with Crippen LogP contribution in [0.3, 0.4) is 0 Å². The molecule has 188 valence electrons. The lowest BCUT2D eigenvalue weighted by Gasteiger charge is -2.27. The molecule has 7 heteroatoms. The lowest BCUT2D eigenvalue weighted by molar-refractivity contribution is -0.135. The van der Waals surface area contributed by atoms with E-state index in [0.29, 0.717) is 34.1 Å². The number of para-hydroxylation sites is 2. The number of rotatable bonds is 6. The molecule has 0 fully saturated rings. The van der Waals surface area contributed by atoms with E-state index >= 15 is 0 Å². The van der Waals surface area contributed by atoms with Crippen molar-refractivity contribution in [3.05, 3.63) is 119 Å². The number of ether oxygens (including phenoxy) is 4. The number of carbonyl (C=O) groups is 2. The Labute approximate surface area is 219 Å². The zero-order chi connectivity index (χ0) is 26.1. The first-order chi connectivity index (χ1) is 18.6. The zero-order valence-electron chi connectivity index (χ0n) is 20.5. The minimum Gasteiger partial charge on any atom is -0.496 e. The van der Waals surface area contributed by atoms with Gasteiger partial charge in [-0.25, -0.2) is 0 Å². The van der Waals surface area contributed by atoms with Gasteiger partial charge in [0.05, 0.1) is 24.8 Å². The minimum atomic E-state index is -0.431. The van der Waals surface area contributed by atoms with Crippen LogP contribution in [0.15, 0.2) is 90.8 Å². The molecule has 3 aromatic carbocycles. The number of Topliss-reactive ketones (excluding diaryl/α,β-unsaturated/α-hetero) is 1. The summed E-state index contributed by atoms with van der Waals surface area (Å²) < 4.78 is 23.3. The summed E-state index contributed by atoms with van der Waals surface area (Å²) in [6, 6.07) is 23.9. The van der Waals surface area contributed by atoms with Crippen LogP contribution in [0.25, 0.3) is 6.08 Å². The second kappa shape index (κ2) is 9.86. The van der Waals surface area contributed by atoms with Crippen molar-refractivity contribution in [3.8, 4) is 23.0 Å². The molecule has 1 atom stereocenters. The summed E-state index contributed by atoms with van der Waals surface area (Å²) in [7, 11) is 1.58. The molecular formula is C31H23NO6. The Morgan fingerprint density at radius 3 is 2.53 bits per heavy atom. The van der Waals surface area contributed by atoms with Crippen LogP contribution in [0.1, 0.15) is 45.1 Å². The number of nitrogens with zero attached hydrogens (tertiary/aromatic N) is 1. The van der Waals surface area contributed by atoms with Crippen molar-refractivity contribution in [3.63, 3.8) is 0 Å². The van der Waals surface area contributed by atoms with Crippen LogP contribution in [0.4, 0.5) is 0 Å². The van der Waals surface area contributed by atoms with Crippen LogP contribution >= 0.6 is 0 Å². The van der Waals surface area contributed by atoms with Gasteiger partial charge in [-0.15, -0.1) is 0 Å². The number of hydrogen-bond acceptors (Lipinski definition) is 7. The zero-order valence-corrected chi connectivity index (χ0v) is 20.5. The Morgan fingerprint density at radius 2 is 1.71 bits per heavy atom. The fourth-order valence-corrected chi connectivity index (χ4v) is 4.83. The van der Waals surface area contributed by atoms with Crippen LogP contribution in [0, 0.1) is 0 Å². The van der Waals surface area contributed by atoms with Gasteiger partial charge in [-0.2, -0.15) is 0 Å². The van der Waals surface area contributed by atoms with Crippen LogP contribution in [-0.4, -0.2) is 23.8 Å². The van der Waals surface area contributed by atoms with Crippen molar-refractivity contribution in [2.45, 2.75) is 18.9 Å². The molecule has 0 N–H and O–H groups in total. The Hall–Kier alpha value is -4.91. The van der Waals surface area contributed by atoms with Gasteiger partial charge in [0.1, 0.15) is 29.6 Å². The predicted molar refractivity (Wildman–Crippen MR) is 139 cm³/mol. The molecule has 0 unspecified atom stereocenters. The number of ketones is 1. The molecule has 0 radical (unpaired) electrons. The molecular weight excluding hydrogens is 482 g/mol. The van der Waals surface area contributed by atoms with E-state index < -0.39 is 5.92 Å². The van der Waals surface area contributed by atoms with Crippen LogP contribution in [0.5, 0.6) is 23.0 Å². The van der Waals surface area contributed by atoms with E-state index in [4.69, 9.17) is 18.9 Å². The minimum absolute atomic E-state index is 0.0799. The third-order valence-electron chi connectivity index (χ3n) is 6.60. The van der Waals surface area contributed by atoms with Crippen molar-refractivity contribution in [1.82, 2.24) is 4.98 Å². The number of benzene rings is 3. The predicted octanol–water partition coefficient (Wildman–Crippen LogP) is 5.73. The quantitative estimate of drug-likeness (QED) is 0.188. The summed E-state index contributed by atoms with van der Waals surface area (Å²) in [6.45, 7) is 0.273. The van der Waals surface area contributed by atoms with Crippen LogP contribution in [-0.2, 0) is 11.4 Å². The molecule has 0 aliphatic carbocycles. The van der Waals surface area contributed by atoms with Gasteiger partial charge in [0.2, 0.25) is 5.78 Å². The van der Waals surface area contributed by atoms with Gasteiger partial charge in [0.25, 0.3) is 0 Å². The number of aromatic nitrogens is 1. The highest BCUT2D eigenvalue weighted by Crippen LogP contribution is 2.50. The van der Waals surface area contributed by atoms with E-state index in [-0.39, 0.29) is 30.5 Å². The molecule has 4 aromatic rings. The summed E-state index contributed by atoms with van der Waals surface area (Å²) in [5, 5.41) is 0. The van der Waals surface area contributed by atoms with Crippen molar-refractivity contribution < 1.29 is 28.5 Å². The van der Waals surface area contributed by atoms with E-state index in [9.17, 15) is 9.59 Å². The molecule has 0 bridgehead atoms. The monoisotopic (exact) mass is 505 g/mol. The van der Waals surface area contributed by atoms with Gasteiger partial charge >= 0.3 is 5.97 Å². The third kappa shape index (κ3) is 4.28. The average molecular weight is 506 g/mol.